The minimum absolute atomic E-state index is 0.110. The minimum atomic E-state index is -0.110. The van der Waals surface area contributed by atoms with Crippen LogP contribution in [0.2, 0.25) is 0 Å². The molecular weight excluding hydrogens is 354 g/mol. The first kappa shape index (κ1) is 19.4. The molecule has 0 aliphatic carbocycles. The van der Waals surface area contributed by atoms with E-state index in [0.29, 0.717) is 23.6 Å². The fourth-order valence-corrected chi connectivity index (χ4v) is 2.76. The summed E-state index contributed by atoms with van der Waals surface area (Å²) in [5.41, 5.74) is 2.85. The number of aromatic hydroxyl groups is 1. The second-order valence-electron chi connectivity index (χ2n) is 6.87. The molecule has 0 fully saturated rings. The van der Waals surface area contributed by atoms with Crippen LogP contribution in [0.4, 0.5) is 5.82 Å². The van der Waals surface area contributed by atoms with Crippen LogP contribution < -0.4 is 10.1 Å². The zero-order chi connectivity index (χ0) is 20.1. The van der Waals surface area contributed by atoms with Crippen molar-refractivity contribution in [3.63, 3.8) is 0 Å². The number of phenols is 1. The smallest absolute Gasteiger partial charge is 0.225 e. The summed E-state index contributed by atoms with van der Waals surface area (Å²) >= 11 is 0. The number of anilines is 1. The highest BCUT2D eigenvalue weighted by Gasteiger charge is 2.15. The molecule has 0 atom stereocenters. The molecule has 0 saturated carbocycles. The number of carbonyl (C=O) groups is 1. The van der Waals surface area contributed by atoms with E-state index in [-0.39, 0.29) is 17.6 Å². The predicted molar refractivity (Wildman–Crippen MR) is 109 cm³/mol. The van der Waals surface area contributed by atoms with Gasteiger partial charge in [0.2, 0.25) is 5.91 Å². The molecule has 6 heteroatoms. The third kappa shape index (κ3) is 4.65. The van der Waals surface area contributed by atoms with Gasteiger partial charge in [-0.1, -0.05) is 13.8 Å². The van der Waals surface area contributed by atoms with Crippen LogP contribution >= 0.6 is 0 Å². The summed E-state index contributed by atoms with van der Waals surface area (Å²) in [4.78, 5) is 21.4. The monoisotopic (exact) mass is 377 g/mol. The summed E-state index contributed by atoms with van der Waals surface area (Å²) in [7, 11) is 1.62. The maximum atomic E-state index is 12.3. The highest BCUT2D eigenvalue weighted by molar-refractivity contribution is 5.93. The molecule has 3 rings (SSSR count). The van der Waals surface area contributed by atoms with E-state index >= 15 is 0 Å². The molecule has 0 saturated heterocycles. The van der Waals surface area contributed by atoms with Gasteiger partial charge in [0.05, 0.1) is 19.0 Å². The number of ether oxygens (including phenoxy) is 1. The normalized spacial score (nSPS) is 10.7. The Hall–Kier alpha value is -3.41. The van der Waals surface area contributed by atoms with Gasteiger partial charge in [0.1, 0.15) is 17.2 Å². The summed E-state index contributed by atoms with van der Waals surface area (Å²) < 4.78 is 5.20. The van der Waals surface area contributed by atoms with E-state index in [1.807, 2.05) is 38.1 Å². The summed E-state index contributed by atoms with van der Waals surface area (Å²) in [6.45, 7) is 3.97. The molecule has 2 N–H and O–H groups in total. The van der Waals surface area contributed by atoms with Crippen LogP contribution in [0.5, 0.6) is 11.5 Å². The molecule has 6 nitrogen and oxygen atoms in total. The molecule has 0 radical (unpaired) electrons. The molecule has 0 spiro atoms. The SMILES string of the molecule is COc1ccc(-c2cnc(NC(=O)CC(C)C)c(-c3ccc(O)cc3)n2)cc1. The first-order valence-corrected chi connectivity index (χ1v) is 9.07. The lowest BCUT2D eigenvalue weighted by Gasteiger charge is -2.13. The quantitative estimate of drug-likeness (QED) is 0.660. The van der Waals surface area contributed by atoms with Gasteiger partial charge in [-0.3, -0.25) is 4.79 Å². The van der Waals surface area contributed by atoms with Crippen molar-refractivity contribution in [2.75, 3.05) is 12.4 Å². The molecular formula is C22H23N3O3. The maximum Gasteiger partial charge on any atom is 0.225 e. The van der Waals surface area contributed by atoms with Crippen molar-refractivity contribution >= 4 is 11.7 Å². The van der Waals surface area contributed by atoms with Crippen LogP contribution in [-0.2, 0) is 4.79 Å². The van der Waals surface area contributed by atoms with Gasteiger partial charge in [-0.15, -0.1) is 0 Å². The van der Waals surface area contributed by atoms with E-state index < -0.39 is 0 Å². The minimum Gasteiger partial charge on any atom is -0.508 e. The number of hydrogen-bond donors (Lipinski definition) is 2. The summed E-state index contributed by atoms with van der Waals surface area (Å²) in [5, 5.41) is 12.4. The molecule has 1 amide bonds. The second kappa shape index (κ2) is 8.52. The van der Waals surface area contributed by atoms with Gasteiger partial charge in [-0.25, -0.2) is 9.97 Å². The lowest BCUT2D eigenvalue weighted by molar-refractivity contribution is -0.116. The Morgan fingerprint density at radius 1 is 1.07 bits per heavy atom. The maximum absolute atomic E-state index is 12.3. The van der Waals surface area contributed by atoms with Crippen LogP contribution in [0.25, 0.3) is 22.5 Å². The van der Waals surface area contributed by atoms with Crippen molar-refractivity contribution in [1.29, 1.82) is 0 Å². The number of rotatable bonds is 6. The van der Waals surface area contributed by atoms with Gasteiger partial charge in [0.25, 0.3) is 0 Å². The molecule has 0 unspecified atom stereocenters. The number of benzene rings is 2. The van der Waals surface area contributed by atoms with Gasteiger partial charge in [-0.2, -0.15) is 0 Å². The van der Waals surface area contributed by atoms with E-state index in [2.05, 4.69) is 10.3 Å². The van der Waals surface area contributed by atoms with E-state index in [1.54, 1.807) is 37.6 Å². The van der Waals surface area contributed by atoms with Crippen LogP contribution in [0.1, 0.15) is 20.3 Å². The van der Waals surface area contributed by atoms with E-state index in [9.17, 15) is 9.90 Å². The Morgan fingerprint density at radius 3 is 2.32 bits per heavy atom. The van der Waals surface area contributed by atoms with Crippen molar-refractivity contribution in [2.45, 2.75) is 20.3 Å². The molecule has 144 valence electrons. The van der Waals surface area contributed by atoms with E-state index in [4.69, 9.17) is 9.72 Å². The zero-order valence-electron chi connectivity index (χ0n) is 16.1. The predicted octanol–water partition coefficient (Wildman–Crippen LogP) is 4.51. The topological polar surface area (TPSA) is 84.3 Å². The summed E-state index contributed by atoms with van der Waals surface area (Å²) in [5.74, 6) is 1.44. The van der Waals surface area contributed by atoms with Crippen LogP contribution in [-0.4, -0.2) is 28.1 Å². The van der Waals surface area contributed by atoms with Gasteiger partial charge in [0, 0.05) is 17.5 Å². The number of phenolic OH excluding ortho intramolecular Hbond substituents is 1. The Kier molecular flexibility index (Phi) is 5.89. The molecule has 0 aliphatic heterocycles. The zero-order valence-corrected chi connectivity index (χ0v) is 16.1. The number of methoxy groups -OCH3 is 1. The first-order valence-electron chi connectivity index (χ1n) is 9.07. The highest BCUT2D eigenvalue weighted by atomic mass is 16.5. The lowest BCUT2D eigenvalue weighted by Crippen LogP contribution is -2.16. The highest BCUT2D eigenvalue weighted by Crippen LogP contribution is 2.29. The number of hydrogen-bond acceptors (Lipinski definition) is 5. The molecule has 1 heterocycles. The van der Waals surface area contributed by atoms with Gasteiger partial charge >= 0.3 is 0 Å². The molecule has 0 aliphatic rings. The number of aromatic nitrogens is 2. The summed E-state index contributed by atoms with van der Waals surface area (Å²) in [6, 6.07) is 14.2. The lowest BCUT2D eigenvalue weighted by atomic mass is 10.1. The average molecular weight is 377 g/mol. The van der Waals surface area contributed by atoms with Crippen molar-refractivity contribution in [2.24, 2.45) is 5.92 Å². The average Bonchev–Trinajstić information content (AvgIpc) is 2.68. The molecule has 3 aromatic rings. The fourth-order valence-electron chi connectivity index (χ4n) is 2.76. The third-order valence-electron chi connectivity index (χ3n) is 4.15. The third-order valence-corrected chi connectivity index (χ3v) is 4.15. The molecule has 1 aromatic heterocycles. The molecule has 28 heavy (non-hydrogen) atoms. The molecule has 0 bridgehead atoms. The number of carbonyl (C=O) groups excluding carboxylic acids is 1. The first-order chi connectivity index (χ1) is 13.5. The van der Waals surface area contributed by atoms with E-state index in [1.165, 1.54) is 0 Å². The van der Waals surface area contributed by atoms with E-state index in [0.717, 1.165) is 16.9 Å². The van der Waals surface area contributed by atoms with Gasteiger partial charge in [-0.05, 0) is 54.4 Å². The van der Waals surface area contributed by atoms with Crippen LogP contribution in [0.3, 0.4) is 0 Å². The largest absolute Gasteiger partial charge is 0.508 e. The van der Waals surface area contributed by atoms with Crippen LogP contribution in [0.15, 0.2) is 54.7 Å². The van der Waals surface area contributed by atoms with Gasteiger partial charge in [0.15, 0.2) is 5.82 Å². The second-order valence-corrected chi connectivity index (χ2v) is 6.87. The Balaban J connectivity index is 2.01. The Labute approximate surface area is 164 Å². The van der Waals surface area contributed by atoms with Crippen molar-refractivity contribution < 1.29 is 14.6 Å². The van der Waals surface area contributed by atoms with Crippen molar-refractivity contribution in [1.82, 2.24) is 9.97 Å². The number of nitrogens with one attached hydrogen (secondary N) is 1. The Bertz CT molecular complexity index is 952. The molecule has 2 aromatic carbocycles. The number of amides is 1. The fraction of sp³-hybridized carbons (Fsp3) is 0.227. The summed E-state index contributed by atoms with van der Waals surface area (Å²) in [6.07, 6.45) is 2.04. The van der Waals surface area contributed by atoms with Gasteiger partial charge < -0.3 is 15.2 Å². The standard InChI is InChI=1S/C22H23N3O3/c1-14(2)12-20(27)25-22-21(16-4-8-17(26)9-5-16)24-19(13-23-22)15-6-10-18(28-3)11-7-15/h4-11,13-14,26H,12H2,1-3H3,(H,23,25,27). The van der Waals surface area contributed by atoms with Crippen molar-refractivity contribution in [3.05, 3.63) is 54.7 Å². The van der Waals surface area contributed by atoms with Crippen LogP contribution in [0, 0.1) is 5.92 Å². The van der Waals surface area contributed by atoms with Crippen molar-refractivity contribution in [3.8, 4) is 34.0 Å². The number of nitrogens with zero attached hydrogens (tertiary/aromatic N) is 2. The Morgan fingerprint density at radius 2 is 1.71 bits per heavy atom.